The first-order valence-corrected chi connectivity index (χ1v) is 11.2. The molecule has 4 aromatic rings. The lowest BCUT2D eigenvalue weighted by atomic mass is 9.88. The fourth-order valence-electron chi connectivity index (χ4n) is 4.66. The van der Waals surface area contributed by atoms with Gasteiger partial charge in [0, 0.05) is 35.1 Å². The molecule has 34 heavy (non-hydrogen) atoms. The van der Waals surface area contributed by atoms with Gasteiger partial charge in [0.2, 0.25) is 0 Å². The maximum absolute atomic E-state index is 13.9. The van der Waals surface area contributed by atoms with Crippen LogP contribution in [0.25, 0.3) is 26.9 Å². The molecule has 1 aliphatic rings. The highest BCUT2D eigenvalue weighted by Crippen LogP contribution is 2.44. The molecule has 2 aromatic carbocycles. The first kappa shape index (κ1) is 22.1. The van der Waals surface area contributed by atoms with Crippen molar-refractivity contribution in [2.75, 3.05) is 5.73 Å². The molecule has 1 aliphatic carbocycles. The summed E-state index contributed by atoms with van der Waals surface area (Å²) in [6.07, 6.45) is 3.65. The predicted octanol–water partition coefficient (Wildman–Crippen LogP) is 7.00. The number of fused-ring (bicyclic) bond motifs is 1. The molecule has 1 saturated carbocycles. The van der Waals surface area contributed by atoms with E-state index in [0.29, 0.717) is 23.4 Å². The van der Waals surface area contributed by atoms with E-state index in [9.17, 15) is 8.78 Å². The second kappa shape index (κ2) is 8.88. The number of benzene rings is 2. The van der Waals surface area contributed by atoms with E-state index in [1.165, 1.54) is 12.4 Å². The van der Waals surface area contributed by atoms with E-state index >= 15 is 0 Å². The van der Waals surface area contributed by atoms with Crippen LogP contribution in [0.4, 0.5) is 20.2 Å². The molecule has 0 atom stereocenters. The predicted molar refractivity (Wildman–Crippen MR) is 129 cm³/mol. The van der Waals surface area contributed by atoms with Crippen molar-refractivity contribution >= 4 is 22.3 Å². The number of hydrogen-bond acceptors (Lipinski definition) is 3. The Morgan fingerprint density at radius 1 is 1.18 bits per heavy atom. The first-order valence-electron chi connectivity index (χ1n) is 11.2. The number of rotatable bonds is 6. The Morgan fingerprint density at radius 3 is 2.65 bits per heavy atom. The molecule has 5 rings (SSSR count). The summed E-state index contributed by atoms with van der Waals surface area (Å²) in [5.41, 5.74) is 9.92. The van der Waals surface area contributed by atoms with E-state index in [0.717, 1.165) is 34.9 Å². The lowest BCUT2D eigenvalue weighted by molar-refractivity contribution is -0.0346. The average molecular weight is 459 g/mol. The maximum Gasteiger partial charge on any atom is 0.266 e. The molecular formula is C27H24F2N4O. The summed E-state index contributed by atoms with van der Waals surface area (Å²) in [6, 6.07) is 14.0. The molecule has 2 heterocycles. The third-order valence-electron chi connectivity index (χ3n) is 6.59. The van der Waals surface area contributed by atoms with Crippen molar-refractivity contribution in [3.05, 3.63) is 89.2 Å². The Bertz CT molecular complexity index is 1390. The van der Waals surface area contributed by atoms with Gasteiger partial charge in [-0.15, -0.1) is 0 Å². The van der Waals surface area contributed by atoms with Gasteiger partial charge in [0.15, 0.2) is 5.69 Å². The molecule has 2 aromatic heterocycles. The third kappa shape index (κ3) is 3.91. The number of anilines is 1. The molecule has 172 valence electrons. The molecule has 0 aliphatic heterocycles. The van der Waals surface area contributed by atoms with Crippen LogP contribution in [0, 0.1) is 13.5 Å². The number of nitrogens with two attached hydrogens (primary N) is 1. The number of nitrogens with zero attached hydrogens (tertiary/aromatic N) is 3. The highest BCUT2D eigenvalue weighted by molar-refractivity contribution is 6.00. The van der Waals surface area contributed by atoms with Crippen LogP contribution in [0.2, 0.25) is 0 Å². The molecule has 2 N–H and O–H groups in total. The summed E-state index contributed by atoms with van der Waals surface area (Å²) in [6.45, 7) is 9.97. The second-order valence-electron chi connectivity index (χ2n) is 8.75. The van der Waals surface area contributed by atoms with Crippen molar-refractivity contribution < 1.29 is 13.5 Å². The van der Waals surface area contributed by atoms with E-state index in [2.05, 4.69) is 14.4 Å². The number of aromatic nitrogens is 2. The summed E-state index contributed by atoms with van der Waals surface area (Å²) in [5.74, 6) is 0. The van der Waals surface area contributed by atoms with Gasteiger partial charge < -0.3 is 15.0 Å². The summed E-state index contributed by atoms with van der Waals surface area (Å²) in [5, 5.41) is 0.750. The normalized spacial score (nSPS) is 17.6. The highest BCUT2D eigenvalue weighted by Gasteiger charge is 2.33. The second-order valence-corrected chi connectivity index (χ2v) is 8.75. The molecule has 0 bridgehead atoms. The van der Waals surface area contributed by atoms with Gasteiger partial charge in [-0.05, 0) is 48.4 Å². The molecule has 7 heteroatoms. The van der Waals surface area contributed by atoms with E-state index in [4.69, 9.17) is 17.0 Å². The Balaban J connectivity index is 1.50. The first-order chi connectivity index (χ1) is 16.5. The van der Waals surface area contributed by atoms with Gasteiger partial charge in [0.05, 0.1) is 36.7 Å². The average Bonchev–Trinajstić information content (AvgIpc) is 3.15. The fourth-order valence-corrected chi connectivity index (χ4v) is 4.66. The van der Waals surface area contributed by atoms with Crippen LogP contribution in [-0.2, 0) is 11.3 Å². The maximum atomic E-state index is 13.9. The number of ether oxygens (including phenoxy) is 1. The van der Waals surface area contributed by atoms with Crippen molar-refractivity contribution in [1.29, 1.82) is 0 Å². The Hall–Kier alpha value is -3.76. The van der Waals surface area contributed by atoms with Crippen molar-refractivity contribution in [2.45, 2.75) is 44.9 Å². The molecular weight excluding hydrogens is 434 g/mol. The number of aryl methyl sites for hydroxylation is 1. The zero-order chi connectivity index (χ0) is 23.8. The van der Waals surface area contributed by atoms with Crippen molar-refractivity contribution in [3.63, 3.8) is 0 Å². The van der Waals surface area contributed by atoms with Crippen LogP contribution in [0.5, 0.6) is 0 Å². The van der Waals surface area contributed by atoms with Gasteiger partial charge >= 0.3 is 0 Å². The molecule has 0 unspecified atom stereocenters. The molecule has 0 radical (unpaired) electrons. The van der Waals surface area contributed by atoms with Gasteiger partial charge in [-0.1, -0.05) is 30.3 Å². The van der Waals surface area contributed by atoms with Gasteiger partial charge in [0.1, 0.15) is 0 Å². The van der Waals surface area contributed by atoms with Crippen LogP contribution in [0.1, 0.15) is 42.0 Å². The number of hydrogen-bond donors (Lipinski definition) is 1. The zero-order valence-electron chi connectivity index (χ0n) is 18.7. The largest absolute Gasteiger partial charge is 0.397 e. The van der Waals surface area contributed by atoms with Crippen LogP contribution >= 0.6 is 0 Å². The third-order valence-corrected chi connectivity index (χ3v) is 6.59. The zero-order valence-corrected chi connectivity index (χ0v) is 18.7. The van der Waals surface area contributed by atoms with E-state index in [1.807, 2.05) is 49.5 Å². The van der Waals surface area contributed by atoms with Crippen LogP contribution in [0.15, 0.2) is 61.1 Å². The van der Waals surface area contributed by atoms with E-state index in [-0.39, 0.29) is 23.4 Å². The van der Waals surface area contributed by atoms with Crippen molar-refractivity contribution in [2.24, 2.45) is 0 Å². The standard InChI is InChI=1S/C27H24F2N4O/c1-16-8-25-20(11-24(16)31-2)22(21-12-32-13-23(30)26(21)27(28)29)14-33(25)18-9-19(10-18)34-15-17-6-4-3-5-7-17/h3-8,11-14,18-19,27H,9-10,15,30H2,1H3. The van der Waals surface area contributed by atoms with Gasteiger partial charge in [0.25, 0.3) is 6.43 Å². The number of alkyl halides is 2. The molecule has 0 saturated heterocycles. The number of halogens is 2. The van der Waals surface area contributed by atoms with Crippen LogP contribution < -0.4 is 5.73 Å². The highest BCUT2D eigenvalue weighted by atomic mass is 19.3. The van der Waals surface area contributed by atoms with Crippen molar-refractivity contribution in [1.82, 2.24) is 9.55 Å². The summed E-state index contributed by atoms with van der Waals surface area (Å²) in [4.78, 5) is 7.69. The number of nitrogen functional groups attached to an aromatic ring is 1. The number of pyridine rings is 1. The SMILES string of the molecule is [C-]#[N+]c1cc2c(-c3cncc(N)c3C(F)F)cn(C3CC(OCc4ccccc4)C3)c2cc1C. The molecule has 1 fully saturated rings. The Labute approximate surface area is 196 Å². The minimum Gasteiger partial charge on any atom is -0.397 e. The Kier molecular flexibility index (Phi) is 5.76. The van der Waals surface area contributed by atoms with Gasteiger partial charge in [-0.3, -0.25) is 4.98 Å². The minimum atomic E-state index is -2.73. The smallest absolute Gasteiger partial charge is 0.266 e. The summed E-state index contributed by atoms with van der Waals surface area (Å²) >= 11 is 0. The quantitative estimate of drug-likeness (QED) is 0.316. The van der Waals surface area contributed by atoms with E-state index < -0.39 is 6.43 Å². The van der Waals surface area contributed by atoms with Crippen molar-refractivity contribution in [3.8, 4) is 11.1 Å². The molecule has 5 nitrogen and oxygen atoms in total. The van der Waals surface area contributed by atoms with Crippen LogP contribution in [0.3, 0.4) is 0 Å². The fraction of sp³-hybridized carbons (Fsp3) is 0.259. The summed E-state index contributed by atoms with van der Waals surface area (Å²) in [7, 11) is 0. The molecule has 0 spiro atoms. The lowest BCUT2D eigenvalue weighted by Gasteiger charge is -2.36. The molecule has 0 amide bonds. The summed E-state index contributed by atoms with van der Waals surface area (Å²) < 4.78 is 36.0. The van der Waals surface area contributed by atoms with E-state index in [1.54, 1.807) is 6.07 Å². The monoisotopic (exact) mass is 458 g/mol. The lowest BCUT2D eigenvalue weighted by Crippen LogP contribution is -2.32. The van der Waals surface area contributed by atoms with Crippen LogP contribution in [-0.4, -0.2) is 15.7 Å². The minimum absolute atomic E-state index is 0.0380. The topological polar surface area (TPSA) is 57.4 Å². The Morgan fingerprint density at radius 2 is 1.94 bits per heavy atom. The van der Waals surface area contributed by atoms with Gasteiger partial charge in [-0.25, -0.2) is 13.6 Å². The van der Waals surface area contributed by atoms with Gasteiger partial charge in [-0.2, -0.15) is 0 Å².